The van der Waals surface area contributed by atoms with Gasteiger partial charge in [0.25, 0.3) is 15.9 Å². The largest absolute Gasteiger partial charge is 0.507 e. The molecule has 5 rings (SSSR count). The van der Waals surface area contributed by atoms with E-state index in [-0.39, 0.29) is 17.2 Å². The number of nitrogens with one attached hydrogen (secondary N) is 1. The molecule has 0 spiro atoms. The maximum Gasteiger partial charge on any atom is 0.271 e. The first kappa shape index (κ1) is 27.9. The highest BCUT2D eigenvalue weighted by atomic mass is 35.5. The fraction of sp³-hybridized carbons (Fsp3) is 0.0625. The second kappa shape index (κ2) is 11.8. The fourth-order valence-electron chi connectivity index (χ4n) is 4.44. The number of aromatic hydroxyl groups is 1. The van der Waals surface area contributed by atoms with Crippen molar-refractivity contribution in [2.75, 3.05) is 4.31 Å². The predicted octanol–water partition coefficient (Wildman–Crippen LogP) is 6.67. The Kier molecular flexibility index (Phi) is 8.05. The van der Waals surface area contributed by atoms with Crippen LogP contribution in [0.15, 0.2) is 119 Å². The number of halogens is 1. The van der Waals surface area contributed by atoms with Gasteiger partial charge in [0.2, 0.25) is 0 Å². The number of sulfonamides is 1. The quantitative estimate of drug-likeness (QED) is 0.157. The highest BCUT2D eigenvalue weighted by Crippen LogP contribution is 2.31. The van der Waals surface area contributed by atoms with E-state index >= 15 is 0 Å². The van der Waals surface area contributed by atoms with Gasteiger partial charge in [-0.3, -0.25) is 9.10 Å². The number of hydrogen-bond acceptors (Lipinski definition) is 5. The average Bonchev–Trinajstić information content (AvgIpc) is 2.99. The van der Waals surface area contributed by atoms with Gasteiger partial charge in [0.1, 0.15) is 5.75 Å². The van der Waals surface area contributed by atoms with Crippen molar-refractivity contribution in [2.45, 2.75) is 18.4 Å². The number of carbonyl (C=O) groups is 1. The smallest absolute Gasteiger partial charge is 0.271 e. The Hall–Kier alpha value is -4.66. The maximum absolute atomic E-state index is 13.7. The molecule has 0 atom stereocenters. The molecule has 0 aliphatic carbocycles. The molecule has 0 fully saturated rings. The van der Waals surface area contributed by atoms with Crippen LogP contribution in [0.3, 0.4) is 0 Å². The van der Waals surface area contributed by atoms with Gasteiger partial charge < -0.3 is 5.11 Å². The van der Waals surface area contributed by atoms with Crippen LogP contribution < -0.4 is 9.73 Å². The highest BCUT2D eigenvalue weighted by Gasteiger charge is 2.26. The summed E-state index contributed by atoms with van der Waals surface area (Å²) in [6.07, 6.45) is 1.41. The Balaban J connectivity index is 1.36. The van der Waals surface area contributed by atoms with E-state index in [9.17, 15) is 18.3 Å². The topological polar surface area (TPSA) is 99.1 Å². The summed E-state index contributed by atoms with van der Waals surface area (Å²) >= 11 is 6.24. The number of phenols is 1. The van der Waals surface area contributed by atoms with Crippen molar-refractivity contribution >= 4 is 50.2 Å². The molecule has 7 nitrogen and oxygen atoms in total. The summed E-state index contributed by atoms with van der Waals surface area (Å²) in [6, 6.07) is 30.9. The first-order chi connectivity index (χ1) is 19.7. The van der Waals surface area contributed by atoms with Crippen LogP contribution in [0, 0.1) is 6.92 Å². The van der Waals surface area contributed by atoms with Gasteiger partial charge in [-0.1, -0.05) is 78.3 Å². The number of nitrogens with zero attached hydrogens (tertiary/aromatic N) is 2. The summed E-state index contributed by atoms with van der Waals surface area (Å²) in [4.78, 5) is 12.9. The Morgan fingerprint density at radius 1 is 0.927 bits per heavy atom. The van der Waals surface area contributed by atoms with Crippen molar-refractivity contribution in [2.24, 2.45) is 5.10 Å². The molecule has 0 aliphatic rings. The van der Waals surface area contributed by atoms with Gasteiger partial charge in [0, 0.05) is 16.1 Å². The zero-order valence-corrected chi connectivity index (χ0v) is 23.6. The minimum Gasteiger partial charge on any atom is -0.507 e. The number of anilines is 1. The van der Waals surface area contributed by atoms with Crippen molar-refractivity contribution in [3.63, 3.8) is 0 Å². The van der Waals surface area contributed by atoms with E-state index in [4.69, 9.17) is 11.6 Å². The molecule has 0 heterocycles. The number of rotatable bonds is 8. The minimum atomic E-state index is -3.92. The average molecular weight is 584 g/mol. The molecule has 0 radical (unpaired) electrons. The molecular formula is C32H26ClN3O4S. The van der Waals surface area contributed by atoms with Crippen LogP contribution in [0.2, 0.25) is 5.02 Å². The molecule has 0 unspecified atom stereocenters. The van der Waals surface area contributed by atoms with Crippen LogP contribution in [0.25, 0.3) is 10.8 Å². The molecule has 5 aromatic carbocycles. The van der Waals surface area contributed by atoms with Crippen LogP contribution in [0.1, 0.15) is 27.0 Å². The van der Waals surface area contributed by atoms with Crippen molar-refractivity contribution in [1.82, 2.24) is 5.43 Å². The van der Waals surface area contributed by atoms with Crippen LogP contribution in [-0.2, 0) is 16.6 Å². The molecule has 0 saturated carbocycles. The second-order valence-corrected chi connectivity index (χ2v) is 11.7. The van der Waals surface area contributed by atoms with E-state index in [2.05, 4.69) is 10.5 Å². The second-order valence-electron chi connectivity index (χ2n) is 9.37. The van der Waals surface area contributed by atoms with Gasteiger partial charge in [-0.2, -0.15) is 5.10 Å². The van der Waals surface area contributed by atoms with Gasteiger partial charge in [0.15, 0.2) is 0 Å². The summed E-state index contributed by atoms with van der Waals surface area (Å²) in [6.45, 7) is 1.85. The Morgan fingerprint density at radius 2 is 1.63 bits per heavy atom. The number of phenolic OH excluding ortho intramolecular Hbond substituents is 1. The zero-order chi connectivity index (χ0) is 29.0. The first-order valence-corrected chi connectivity index (χ1v) is 14.5. The molecule has 9 heteroatoms. The third-order valence-corrected chi connectivity index (χ3v) is 8.63. The molecule has 0 saturated heterocycles. The number of fused-ring (bicyclic) bond motifs is 1. The lowest BCUT2D eigenvalue weighted by Gasteiger charge is -2.26. The molecule has 0 aromatic heterocycles. The van der Waals surface area contributed by atoms with E-state index in [1.165, 1.54) is 10.5 Å². The highest BCUT2D eigenvalue weighted by molar-refractivity contribution is 7.92. The Labute approximate surface area is 243 Å². The molecule has 1 amide bonds. The van der Waals surface area contributed by atoms with Gasteiger partial charge >= 0.3 is 0 Å². The molecule has 0 aliphatic heterocycles. The Bertz CT molecular complexity index is 1860. The molecule has 41 heavy (non-hydrogen) atoms. The third kappa shape index (κ3) is 6.09. The summed E-state index contributed by atoms with van der Waals surface area (Å²) in [7, 11) is -3.92. The number of hydrogen-bond donors (Lipinski definition) is 2. The van der Waals surface area contributed by atoms with E-state index < -0.39 is 15.9 Å². The lowest BCUT2D eigenvalue weighted by Crippen LogP contribution is -2.31. The van der Waals surface area contributed by atoms with E-state index in [1.54, 1.807) is 78.9 Å². The predicted molar refractivity (Wildman–Crippen MR) is 163 cm³/mol. The maximum atomic E-state index is 13.7. The summed E-state index contributed by atoms with van der Waals surface area (Å²) < 4.78 is 28.7. The number of benzene rings is 5. The molecule has 5 aromatic rings. The lowest BCUT2D eigenvalue weighted by atomic mass is 10.0. The molecule has 206 valence electrons. The van der Waals surface area contributed by atoms with Gasteiger partial charge in [-0.25, -0.2) is 13.8 Å². The summed E-state index contributed by atoms with van der Waals surface area (Å²) in [5, 5.41) is 16.5. The normalized spacial score (nSPS) is 11.6. The number of amides is 1. The Morgan fingerprint density at radius 3 is 2.39 bits per heavy atom. The number of carbonyl (C=O) groups excluding carboxylic acids is 1. The standard InChI is InChI=1S/C32H26ClN3O4S/c1-22-11-17-26(33)19-30(22)36(41(39,40)27-8-3-2-4-9-27)21-23-12-14-25(15-13-23)32(38)35-34-20-29-28-10-6-5-7-24(28)16-18-31(29)37/h2-20,37H,21H2,1H3,(H,35,38)/b34-20-. The van der Waals surface area contributed by atoms with Gasteiger partial charge in [-0.15, -0.1) is 0 Å². The summed E-state index contributed by atoms with van der Waals surface area (Å²) in [5.41, 5.74) is 5.20. The first-order valence-electron chi connectivity index (χ1n) is 12.7. The van der Waals surface area contributed by atoms with Crippen LogP contribution in [-0.4, -0.2) is 25.6 Å². The van der Waals surface area contributed by atoms with E-state index in [1.807, 2.05) is 37.3 Å². The van der Waals surface area contributed by atoms with Crippen molar-refractivity contribution < 1.29 is 18.3 Å². The van der Waals surface area contributed by atoms with Crippen molar-refractivity contribution in [1.29, 1.82) is 0 Å². The molecule has 2 N–H and O–H groups in total. The monoisotopic (exact) mass is 583 g/mol. The van der Waals surface area contributed by atoms with E-state index in [0.717, 1.165) is 16.3 Å². The van der Waals surface area contributed by atoms with Crippen molar-refractivity contribution in [3.05, 3.63) is 136 Å². The lowest BCUT2D eigenvalue weighted by molar-refractivity contribution is 0.0955. The SMILES string of the molecule is Cc1ccc(Cl)cc1N(Cc1ccc(C(=O)N/N=C\c2c(O)ccc3ccccc23)cc1)S(=O)(=O)c1ccccc1. The van der Waals surface area contributed by atoms with Crippen molar-refractivity contribution in [3.8, 4) is 5.75 Å². The summed E-state index contributed by atoms with van der Waals surface area (Å²) in [5.74, 6) is -0.400. The van der Waals surface area contributed by atoms with Crippen LogP contribution >= 0.6 is 11.6 Å². The van der Waals surface area contributed by atoms with Gasteiger partial charge in [0.05, 0.1) is 23.3 Å². The number of aryl methyl sites for hydroxylation is 1. The third-order valence-electron chi connectivity index (χ3n) is 6.62. The minimum absolute atomic E-state index is 0.0266. The van der Waals surface area contributed by atoms with Gasteiger partial charge in [-0.05, 0) is 71.3 Å². The fourth-order valence-corrected chi connectivity index (χ4v) is 6.13. The van der Waals surface area contributed by atoms with E-state index in [0.29, 0.717) is 27.4 Å². The number of hydrazone groups is 1. The molecular weight excluding hydrogens is 558 g/mol. The van der Waals surface area contributed by atoms with Crippen LogP contribution in [0.5, 0.6) is 5.75 Å². The zero-order valence-electron chi connectivity index (χ0n) is 22.0. The molecule has 0 bridgehead atoms. The van der Waals surface area contributed by atoms with Crippen LogP contribution in [0.4, 0.5) is 5.69 Å².